The van der Waals surface area contributed by atoms with Crippen molar-refractivity contribution in [1.29, 1.82) is 0 Å². The molecule has 0 aliphatic rings. The molecule has 0 radical (unpaired) electrons. The highest BCUT2D eigenvalue weighted by molar-refractivity contribution is 5.94. The molecule has 0 saturated carbocycles. The fourth-order valence-electron chi connectivity index (χ4n) is 1.52. The first-order chi connectivity index (χ1) is 9.02. The highest BCUT2D eigenvalue weighted by atomic mass is 16.2. The van der Waals surface area contributed by atoms with E-state index in [9.17, 15) is 9.59 Å². The zero-order valence-corrected chi connectivity index (χ0v) is 11.3. The number of rotatable bonds is 6. The van der Waals surface area contributed by atoms with E-state index in [1.807, 2.05) is 13.8 Å². The van der Waals surface area contributed by atoms with Crippen molar-refractivity contribution >= 4 is 11.8 Å². The largest absolute Gasteiger partial charge is 0.354 e. The van der Waals surface area contributed by atoms with Crippen molar-refractivity contribution in [3.8, 4) is 0 Å². The molecule has 0 aromatic carbocycles. The quantitative estimate of drug-likeness (QED) is 0.683. The summed E-state index contributed by atoms with van der Waals surface area (Å²) in [5, 5.41) is 5.44. The van der Waals surface area contributed by atoms with E-state index < -0.39 is 0 Å². The summed E-state index contributed by atoms with van der Waals surface area (Å²) in [6, 6.07) is 3.36. The van der Waals surface area contributed by atoms with Crippen LogP contribution < -0.4 is 16.4 Å². The molecule has 1 aromatic heterocycles. The van der Waals surface area contributed by atoms with Crippen molar-refractivity contribution in [2.24, 2.45) is 5.73 Å². The average molecular weight is 264 g/mol. The first-order valence-electron chi connectivity index (χ1n) is 6.25. The van der Waals surface area contributed by atoms with Crippen LogP contribution in [-0.4, -0.2) is 29.4 Å². The first-order valence-corrected chi connectivity index (χ1v) is 6.25. The number of amides is 2. The van der Waals surface area contributed by atoms with Gasteiger partial charge in [-0.15, -0.1) is 0 Å². The third-order valence-electron chi connectivity index (χ3n) is 2.38. The lowest BCUT2D eigenvalue weighted by molar-refractivity contribution is -0.121. The van der Waals surface area contributed by atoms with Gasteiger partial charge in [-0.25, -0.2) is 0 Å². The average Bonchev–Trinajstić information content (AvgIpc) is 2.37. The summed E-state index contributed by atoms with van der Waals surface area (Å²) < 4.78 is 0. The van der Waals surface area contributed by atoms with Crippen molar-refractivity contribution in [2.45, 2.75) is 32.9 Å². The molecule has 0 aliphatic heterocycles. The van der Waals surface area contributed by atoms with Crippen LogP contribution in [0.3, 0.4) is 0 Å². The van der Waals surface area contributed by atoms with Gasteiger partial charge in [-0.05, 0) is 26.0 Å². The molecule has 0 bridgehead atoms. The van der Waals surface area contributed by atoms with Crippen LogP contribution in [0.5, 0.6) is 0 Å². The molecule has 104 valence electrons. The van der Waals surface area contributed by atoms with Gasteiger partial charge < -0.3 is 16.4 Å². The third kappa shape index (κ3) is 5.48. The zero-order chi connectivity index (χ0) is 14.3. The SMILES string of the molecule is CC(C)NC(=O)CCNC(=O)c1ccnc(CN)c1. The van der Waals surface area contributed by atoms with Gasteiger partial charge in [-0.3, -0.25) is 14.6 Å². The third-order valence-corrected chi connectivity index (χ3v) is 2.38. The summed E-state index contributed by atoms with van der Waals surface area (Å²) in [6.07, 6.45) is 1.81. The van der Waals surface area contributed by atoms with Crippen LogP contribution in [0.15, 0.2) is 18.3 Å². The fraction of sp³-hybridized carbons (Fsp3) is 0.462. The van der Waals surface area contributed by atoms with E-state index in [0.29, 0.717) is 17.8 Å². The van der Waals surface area contributed by atoms with E-state index in [0.717, 1.165) is 0 Å². The number of aromatic nitrogens is 1. The van der Waals surface area contributed by atoms with Crippen LogP contribution >= 0.6 is 0 Å². The van der Waals surface area contributed by atoms with Crippen LogP contribution in [-0.2, 0) is 11.3 Å². The predicted octanol–water partition coefficient (Wildman–Crippen LogP) is 0.185. The standard InChI is InChI=1S/C13H20N4O2/c1-9(2)17-12(18)4-6-16-13(19)10-3-5-15-11(7-10)8-14/h3,5,7,9H,4,6,8,14H2,1-2H3,(H,16,19)(H,17,18). The van der Waals surface area contributed by atoms with E-state index in [4.69, 9.17) is 5.73 Å². The van der Waals surface area contributed by atoms with Crippen molar-refractivity contribution in [3.05, 3.63) is 29.6 Å². The summed E-state index contributed by atoms with van der Waals surface area (Å²) >= 11 is 0. The Bertz CT molecular complexity index is 446. The van der Waals surface area contributed by atoms with Crippen LogP contribution in [0, 0.1) is 0 Å². The Labute approximate surface area is 112 Å². The van der Waals surface area contributed by atoms with Gasteiger partial charge in [0.15, 0.2) is 0 Å². The van der Waals surface area contributed by atoms with Gasteiger partial charge in [0.1, 0.15) is 0 Å². The number of hydrogen-bond acceptors (Lipinski definition) is 4. The molecule has 0 unspecified atom stereocenters. The Balaban J connectivity index is 2.40. The zero-order valence-electron chi connectivity index (χ0n) is 11.3. The number of carbonyl (C=O) groups excluding carboxylic acids is 2. The molecular formula is C13H20N4O2. The van der Waals surface area contributed by atoms with Crippen LogP contribution in [0.25, 0.3) is 0 Å². The highest BCUT2D eigenvalue weighted by Gasteiger charge is 2.08. The molecular weight excluding hydrogens is 244 g/mol. The normalized spacial score (nSPS) is 10.3. The molecule has 0 spiro atoms. The molecule has 0 fully saturated rings. The fourth-order valence-corrected chi connectivity index (χ4v) is 1.52. The highest BCUT2D eigenvalue weighted by Crippen LogP contribution is 2.01. The lowest BCUT2D eigenvalue weighted by atomic mass is 10.2. The Hall–Kier alpha value is -1.95. The van der Waals surface area contributed by atoms with E-state index in [2.05, 4.69) is 15.6 Å². The van der Waals surface area contributed by atoms with Gasteiger partial charge in [0, 0.05) is 37.3 Å². The van der Waals surface area contributed by atoms with E-state index >= 15 is 0 Å². The van der Waals surface area contributed by atoms with Gasteiger partial charge in [0.2, 0.25) is 5.91 Å². The topological polar surface area (TPSA) is 97.1 Å². The molecule has 1 aromatic rings. The monoisotopic (exact) mass is 264 g/mol. The molecule has 0 aliphatic carbocycles. The second-order valence-electron chi connectivity index (χ2n) is 4.47. The van der Waals surface area contributed by atoms with E-state index in [1.54, 1.807) is 18.3 Å². The molecule has 4 N–H and O–H groups in total. The van der Waals surface area contributed by atoms with Crippen LogP contribution in [0.1, 0.15) is 36.3 Å². The summed E-state index contributed by atoms with van der Waals surface area (Å²) in [6.45, 7) is 4.37. The van der Waals surface area contributed by atoms with E-state index in [1.165, 1.54) is 0 Å². The molecule has 19 heavy (non-hydrogen) atoms. The van der Waals surface area contributed by atoms with Crippen molar-refractivity contribution in [3.63, 3.8) is 0 Å². The van der Waals surface area contributed by atoms with Gasteiger partial charge in [-0.1, -0.05) is 0 Å². The van der Waals surface area contributed by atoms with Crippen molar-refractivity contribution in [1.82, 2.24) is 15.6 Å². The minimum Gasteiger partial charge on any atom is -0.354 e. The maximum absolute atomic E-state index is 11.8. The van der Waals surface area contributed by atoms with Gasteiger partial charge in [0.25, 0.3) is 5.91 Å². The predicted molar refractivity (Wildman–Crippen MR) is 72.4 cm³/mol. The minimum atomic E-state index is -0.227. The summed E-state index contributed by atoms with van der Waals surface area (Å²) in [7, 11) is 0. The molecule has 2 amide bonds. The number of nitrogens with zero attached hydrogens (tertiary/aromatic N) is 1. The Morgan fingerprint density at radius 3 is 2.79 bits per heavy atom. The van der Waals surface area contributed by atoms with E-state index in [-0.39, 0.29) is 30.8 Å². The summed E-state index contributed by atoms with van der Waals surface area (Å²) in [5.41, 5.74) is 6.62. The molecule has 0 atom stereocenters. The van der Waals surface area contributed by atoms with Crippen molar-refractivity contribution in [2.75, 3.05) is 6.54 Å². The maximum atomic E-state index is 11.8. The molecule has 1 heterocycles. The molecule has 6 nitrogen and oxygen atoms in total. The minimum absolute atomic E-state index is 0.0762. The lowest BCUT2D eigenvalue weighted by Gasteiger charge is -2.09. The first kappa shape index (κ1) is 15.1. The number of carbonyl (C=O) groups is 2. The van der Waals surface area contributed by atoms with Gasteiger partial charge in [-0.2, -0.15) is 0 Å². The van der Waals surface area contributed by atoms with Crippen LogP contribution in [0.4, 0.5) is 0 Å². The molecule has 1 rings (SSSR count). The van der Waals surface area contributed by atoms with Gasteiger partial charge in [0.05, 0.1) is 5.69 Å². The Kier molecular flexibility index (Phi) is 5.95. The number of nitrogens with two attached hydrogens (primary N) is 1. The number of pyridine rings is 1. The Morgan fingerprint density at radius 2 is 2.16 bits per heavy atom. The smallest absolute Gasteiger partial charge is 0.251 e. The second-order valence-corrected chi connectivity index (χ2v) is 4.47. The maximum Gasteiger partial charge on any atom is 0.251 e. The molecule has 0 saturated heterocycles. The summed E-state index contributed by atoms with van der Waals surface area (Å²) in [4.78, 5) is 27.2. The van der Waals surface area contributed by atoms with Gasteiger partial charge >= 0.3 is 0 Å². The van der Waals surface area contributed by atoms with Crippen LogP contribution in [0.2, 0.25) is 0 Å². The van der Waals surface area contributed by atoms with Crippen molar-refractivity contribution < 1.29 is 9.59 Å². The lowest BCUT2D eigenvalue weighted by Crippen LogP contribution is -2.34. The molecule has 6 heteroatoms. The second kappa shape index (κ2) is 7.48. The number of nitrogens with one attached hydrogen (secondary N) is 2. The summed E-state index contributed by atoms with van der Waals surface area (Å²) in [5.74, 6) is -0.304. The number of hydrogen-bond donors (Lipinski definition) is 3. The Morgan fingerprint density at radius 1 is 1.42 bits per heavy atom.